The molecule has 2 amide bonds. The third-order valence-electron chi connectivity index (χ3n) is 4.23. The number of carbonyl (C=O) groups excluding carboxylic acids is 2. The van der Waals surface area contributed by atoms with Gasteiger partial charge in [0.05, 0.1) is 11.5 Å². The summed E-state index contributed by atoms with van der Waals surface area (Å²) in [6, 6.07) is 8.61. The third-order valence-corrected chi connectivity index (χ3v) is 5.84. The fourth-order valence-electron chi connectivity index (χ4n) is 2.77. The van der Waals surface area contributed by atoms with Gasteiger partial charge in [-0.15, -0.1) is 0 Å². The molecule has 0 radical (unpaired) electrons. The normalized spacial score (nSPS) is 18.1. The molecule has 1 aromatic carbocycles. The molecule has 7 nitrogen and oxygen atoms in total. The van der Waals surface area contributed by atoms with Crippen molar-refractivity contribution >= 4 is 38.7 Å². The minimum atomic E-state index is -3.05. The number of furan rings is 1. The Balaban J connectivity index is 1.56. The van der Waals surface area contributed by atoms with Crippen molar-refractivity contribution in [3.05, 3.63) is 42.2 Å². The van der Waals surface area contributed by atoms with Gasteiger partial charge in [-0.1, -0.05) is 18.2 Å². The van der Waals surface area contributed by atoms with Crippen LogP contribution < -0.4 is 5.32 Å². The summed E-state index contributed by atoms with van der Waals surface area (Å²) in [5.41, 5.74) is 0.733. The van der Waals surface area contributed by atoms with Gasteiger partial charge >= 0.3 is 0 Å². The molecule has 0 bridgehead atoms. The molecular formula is C18H20N2O5S. The Morgan fingerprint density at radius 2 is 1.92 bits per heavy atom. The lowest BCUT2D eigenvalue weighted by Gasteiger charge is -2.29. The van der Waals surface area contributed by atoms with E-state index in [2.05, 4.69) is 5.32 Å². The van der Waals surface area contributed by atoms with E-state index in [1.807, 2.05) is 30.3 Å². The molecular weight excluding hydrogens is 356 g/mol. The maximum absolute atomic E-state index is 12.3. The maximum atomic E-state index is 12.3. The molecule has 0 spiro atoms. The summed E-state index contributed by atoms with van der Waals surface area (Å²) in [5, 5.41) is 3.53. The van der Waals surface area contributed by atoms with E-state index in [0.717, 1.165) is 11.0 Å². The summed E-state index contributed by atoms with van der Waals surface area (Å²) in [5.74, 6) is -0.237. The second-order valence-electron chi connectivity index (χ2n) is 6.23. The van der Waals surface area contributed by atoms with Crippen molar-refractivity contribution < 1.29 is 22.4 Å². The van der Waals surface area contributed by atoms with Crippen molar-refractivity contribution in [1.82, 2.24) is 10.2 Å². The molecule has 1 N–H and O–H groups in total. The quantitative estimate of drug-likeness (QED) is 0.809. The van der Waals surface area contributed by atoms with Gasteiger partial charge in [0.1, 0.15) is 17.4 Å². The highest BCUT2D eigenvalue weighted by Gasteiger charge is 2.28. The first-order valence-corrected chi connectivity index (χ1v) is 10.1. The van der Waals surface area contributed by atoms with Gasteiger partial charge in [-0.2, -0.15) is 0 Å². The van der Waals surface area contributed by atoms with E-state index in [9.17, 15) is 18.0 Å². The van der Waals surface area contributed by atoms with Crippen LogP contribution in [0.5, 0.6) is 0 Å². The van der Waals surface area contributed by atoms with E-state index in [0.29, 0.717) is 5.76 Å². The first kappa shape index (κ1) is 18.2. The first-order valence-electron chi connectivity index (χ1n) is 8.30. The van der Waals surface area contributed by atoms with Crippen LogP contribution in [0.15, 0.2) is 40.8 Å². The SMILES string of the molecule is CC(NC(=O)/C=C/c1cc2ccccc2o1)C(=O)N1CCS(=O)(=O)CC1. The number of nitrogens with one attached hydrogen (secondary N) is 1. The monoisotopic (exact) mass is 376 g/mol. The van der Waals surface area contributed by atoms with Gasteiger partial charge in [-0.05, 0) is 25.1 Å². The molecule has 1 unspecified atom stereocenters. The van der Waals surface area contributed by atoms with Gasteiger partial charge in [-0.3, -0.25) is 9.59 Å². The number of sulfone groups is 1. The molecule has 0 aliphatic carbocycles. The summed E-state index contributed by atoms with van der Waals surface area (Å²) < 4.78 is 28.4. The molecule has 1 aliphatic heterocycles. The Labute approximate surface area is 151 Å². The lowest BCUT2D eigenvalue weighted by Crippen LogP contribution is -2.51. The molecule has 138 valence electrons. The number of nitrogens with zero attached hydrogens (tertiary/aromatic N) is 1. The predicted octanol–water partition coefficient (Wildman–Crippen LogP) is 1.21. The number of rotatable bonds is 4. The van der Waals surface area contributed by atoms with Crippen LogP contribution in [0.25, 0.3) is 17.0 Å². The summed E-state index contributed by atoms with van der Waals surface area (Å²) in [6.07, 6.45) is 2.85. The van der Waals surface area contributed by atoms with Crippen molar-refractivity contribution in [2.45, 2.75) is 13.0 Å². The van der Waals surface area contributed by atoms with Crippen LogP contribution in [0.2, 0.25) is 0 Å². The number of hydrogen-bond acceptors (Lipinski definition) is 5. The Hall–Kier alpha value is -2.61. The average molecular weight is 376 g/mol. The highest BCUT2D eigenvalue weighted by Crippen LogP contribution is 2.19. The first-order chi connectivity index (χ1) is 12.3. The van der Waals surface area contributed by atoms with Gasteiger partial charge < -0.3 is 14.6 Å². The van der Waals surface area contributed by atoms with Gasteiger partial charge in [0.25, 0.3) is 0 Å². The minimum Gasteiger partial charge on any atom is -0.457 e. The zero-order valence-corrected chi connectivity index (χ0v) is 15.2. The fraction of sp³-hybridized carbons (Fsp3) is 0.333. The van der Waals surface area contributed by atoms with Gasteiger partial charge in [0.15, 0.2) is 9.84 Å². The Morgan fingerprint density at radius 3 is 2.62 bits per heavy atom. The average Bonchev–Trinajstić information content (AvgIpc) is 3.02. The minimum absolute atomic E-state index is 0.0363. The van der Waals surface area contributed by atoms with Crippen molar-refractivity contribution in [3.63, 3.8) is 0 Å². The highest BCUT2D eigenvalue weighted by molar-refractivity contribution is 7.91. The number of fused-ring (bicyclic) bond motifs is 1. The van der Waals surface area contributed by atoms with Crippen molar-refractivity contribution in [2.75, 3.05) is 24.6 Å². The second kappa shape index (κ2) is 7.33. The van der Waals surface area contributed by atoms with Crippen LogP contribution in [0, 0.1) is 0 Å². The van der Waals surface area contributed by atoms with Crippen LogP contribution >= 0.6 is 0 Å². The zero-order valence-electron chi connectivity index (χ0n) is 14.3. The molecule has 1 aromatic heterocycles. The molecule has 1 fully saturated rings. The molecule has 8 heteroatoms. The Bertz CT molecular complexity index is 914. The standard InChI is InChI=1S/C18H20N2O5S/c1-13(18(22)20-8-10-26(23,24)11-9-20)19-17(21)7-6-15-12-14-4-2-3-5-16(14)25-15/h2-7,12-13H,8-11H2,1H3,(H,19,21)/b7-6+. The van der Waals surface area contributed by atoms with Gasteiger partial charge in [0, 0.05) is 24.6 Å². The number of benzene rings is 1. The van der Waals surface area contributed by atoms with Crippen molar-refractivity contribution in [1.29, 1.82) is 0 Å². The Kier molecular flexibility index (Phi) is 5.13. The van der Waals surface area contributed by atoms with E-state index in [-0.39, 0.29) is 30.5 Å². The fourth-order valence-corrected chi connectivity index (χ4v) is 3.97. The number of amides is 2. The molecule has 1 atom stereocenters. The van der Waals surface area contributed by atoms with Crippen LogP contribution in [0.3, 0.4) is 0 Å². The molecule has 1 aliphatic rings. The topological polar surface area (TPSA) is 96.7 Å². The van der Waals surface area contributed by atoms with Gasteiger partial charge in [0.2, 0.25) is 11.8 Å². The van der Waals surface area contributed by atoms with Crippen molar-refractivity contribution in [3.8, 4) is 0 Å². The van der Waals surface area contributed by atoms with E-state index in [1.54, 1.807) is 13.0 Å². The molecule has 1 saturated heterocycles. The van der Waals surface area contributed by atoms with E-state index < -0.39 is 21.8 Å². The summed E-state index contributed by atoms with van der Waals surface area (Å²) in [7, 11) is -3.05. The summed E-state index contributed by atoms with van der Waals surface area (Å²) in [6.45, 7) is 1.91. The smallest absolute Gasteiger partial charge is 0.244 e. The number of carbonyl (C=O) groups is 2. The molecule has 2 aromatic rings. The highest BCUT2D eigenvalue weighted by atomic mass is 32.2. The van der Waals surface area contributed by atoms with Crippen LogP contribution in [0.1, 0.15) is 12.7 Å². The maximum Gasteiger partial charge on any atom is 0.244 e. The lowest BCUT2D eigenvalue weighted by atomic mass is 10.2. The van der Waals surface area contributed by atoms with Crippen molar-refractivity contribution in [2.24, 2.45) is 0 Å². The third kappa shape index (κ3) is 4.32. The largest absolute Gasteiger partial charge is 0.457 e. The molecule has 26 heavy (non-hydrogen) atoms. The predicted molar refractivity (Wildman–Crippen MR) is 98.1 cm³/mol. The number of para-hydroxylation sites is 1. The number of hydrogen-bond donors (Lipinski definition) is 1. The molecule has 0 saturated carbocycles. The van der Waals surface area contributed by atoms with Crippen LogP contribution in [0.4, 0.5) is 0 Å². The van der Waals surface area contributed by atoms with Gasteiger partial charge in [-0.25, -0.2) is 8.42 Å². The zero-order chi connectivity index (χ0) is 18.7. The van der Waals surface area contributed by atoms with E-state index in [1.165, 1.54) is 11.0 Å². The summed E-state index contributed by atoms with van der Waals surface area (Å²) in [4.78, 5) is 25.8. The van der Waals surface area contributed by atoms with Crippen LogP contribution in [-0.2, 0) is 19.4 Å². The van der Waals surface area contributed by atoms with Crippen LogP contribution in [-0.4, -0.2) is 55.8 Å². The lowest BCUT2D eigenvalue weighted by molar-refractivity contribution is -0.134. The molecule has 2 heterocycles. The second-order valence-corrected chi connectivity index (χ2v) is 8.53. The summed E-state index contributed by atoms with van der Waals surface area (Å²) >= 11 is 0. The van der Waals surface area contributed by atoms with E-state index in [4.69, 9.17) is 4.42 Å². The molecule has 3 rings (SSSR count). The van der Waals surface area contributed by atoms with E-state index >= 15 is 0 Å². The Morgan fingerprint density at radius 1 is 1.23 bits per heavy atom.